The van der Waals surface area contributed by atoms with Crippen molar-refractivity contribution in [2.75, 3.05) is 14.2 Å². The molecule has 0 amide bonds. The van der Waals surface area contributed by atoms with Crippen molar-refractivity contribution in [3.05, 3.63) is 76.6 Å². The molecule has 0 radical (unpaired) electrons. The van der Waals surface area contributed by atoms with E-state index in [-0.39, 0.29) is 5.56 Å². The molecule has 192 valence electrons. The van der Waals surface area contributed by atoms with Gasteiger partial charge in [0, 0.05) is 22.9 Å². The molecule has 0 aliphatic heterocycles. The zero-order valence-corrected chi connectivity index (χ0v) is 24.2. The van der Waals surface area contributed by atoms with Crippen molar-refractivity contribution < 1.29 is 9.47 Å². The molecule has 0 aliphatic carbocycles. The Morgan fingerprint density at radius 3 is 2.03 bits per heavy atom. The zero-order chi connectivity index (χ0) is 26.9. The van der Waals surface area contributed by atoms with E-state index in [0.29, 0.717) is 28.1 Å². The first-order valence-electron chi connectivity index (χ1n) is 13.0. The van der Waals surface area contributed by atoms with Gasteiger partial charge in [0.15, 0.2) is 0 Å². The number of hydrogen-bond donors (Lipinski definition) is 0. The van der Waals surface area contributed by atoms with E-state index in [9.17, 15) is 4.79 Å². The maximum absolute atomic E-state index is 13.5. The quantitative estimate of drug-likeness (QED) is 0.151. The van der Waals surface area contributed by atoms with Gasteiger partial charge in [-0.3, -0.25) is 9.20 Å². The summed E-state index contributed by atoms with van der Waals surface area (Å²) in [7, 11) is 1.25. The third-order valence-electron chi connectivity index (χ3n) is 7.79. The van der Waals surface area contributed by atoms with Gasteiger partial charge in [0.2, 0.25) is 0 Å². The van der Waals surface area contributed by atoms with E-state index in [1.807, 2.05) is 48.5 Å². The van der Waals surface area contributed by atoms with Crippen molar-refractivity contribution in [1.82, 2.24) is 4.40 Å². The van der Waals surface area contributed by atoms with E-state index < -0.39 is 8.07 Å². The maximum atomic E-state index is 13.5. The standard InChI is InChI=1S/C32H37NO3Si/c1-21(2)37(22(3)4,23(5)6)18-17-26-31-27(19-25(35-7)20-29(31)36-8)28-15-12-16-30(34)33(28)32(26)24-13-10-9-11-14-24/h9-16,19-23H,1-8H3. The minimum absolute atomic E-state index is 0.0943. The van der Waals surface area contributed by atoms with E-state index in [4.69, 9.17) is 9.47 Å². The highest BCUT2D eigenvalue weighted by atomic mass is 28.3. The van der Waals surface area contributed by atoms with Crippen molar-refractivity contribution in [2.24, 2.45) is 0 Å². The number of aromatic nitrogens is 1. The maximum Gasteiger partial charge on any atom is 0.255 e. The average Bonchev–Trinajstić information content (AvgIpc) is 2.88. The van der Waals surface area contributed by atoms with Crippen LogP contribution in [0, 0.1) is 11.5 Å². The molecule has 4 nitrogen and oxygen atoms in total. The lowest BCUT2D eigenvalue weighted by Crippen LogP contribution is -2.43. The van der Waals surface area contributed by atoms with E-state index in [2.05, 4.69) is 53.0 Å². The molecule has 0 fully saturated rings. The molecule has 0 spiro atoms. The minimum Gasteiger partial charge on any atom is -0.497 e. The summed E-state index contributed by atoms with van der Waals surface area (Å²) in [6.07, 6.45) is 0. The summed E-state index contributed by atoms with van der Waals surface area (Å²) in [6, 6.07) is 19.3. The molecular formula is C32H37NO3Si. The molecule has 0 unspecified atom stereocenters. The lowest BCUT2D eigenvalue weighted by molar-refractivity contribution is 0.398. The number of rotatable bonds is 6. The van der Waals surface area contributed by atoms with Crippen LogP contribution in [0.2, 0.25) is 16.6 Å². The molecule has 0 saturated heterocycles. The second kappa shape index (κ2) is 10.5. The second-order valence-electron chi connectivity index (χ2n) is 10.6. The van der Waals surface area contributed by atoms with Gasteiger partial charge in [-0.15, -0.1) is 5.54 Å². The van der Waals surface area contributed by atoms with Crippen molar-refractivity contribution in [3.8, 4) is 34.2 Å². The highest BCUT2D eigenvalue weighted by molar-refractivity contribution is 6.90. The molecule has 0 aliphatic rings. The molecule has 4 aromatic rings. The average molecular weight is 512 g/mol. The van der Waals surface area contributed by atoms with Gasteiger partial charge in [-0.25, -0.2) is 0 Å². The van der Waals surface area contributed by atoms with Gasteiger partial charge in [-0.1, -0.05) is 83.9 Å². The van der Waals surface area contributed by atoms with Gasteiger partial charge in [0.05, 0.1) is 31.0 Å². The largest absolute Gasteiger partial charge is 0.497 e. The summed E-state index contributed by atoms with van der Waals surface area (Å²) >= 11 is 0. The molecule has 0 atom stereocenters. The van der Waals surface area contributed by atoms with Crippen LogP contribution in [0.5, 0.6) is 11.5 Å². The first-order valence-corrected chi connectivity index (χ1v) is 15.2. The number of methoxy groups -OCH3 is 2. The van der Waals surface area contributed by atoms with Crippen molar-refractivity contribution >= 4 is 24.4 Å². The van der Waals surface area contributed by atoms with E-state index in [1.54, 1.807) is 30.8 Å². The predicted molar refractivity (Wildman–Crippen MR) is 158 cm³/mol. The number of hydrogen-bond acceptors (Lipinski definition) is 3. The van der Waals surface area contributed by atoms with Crippen LogP contribution in [0.4, 0.5) is 0 Å². The Kier molecular flexibility index (Phi) is 7.52. The Hall–Kier alpha value is -3.49. The first-order chi connectivity index (χ1) is 17.7. The topological polar surface area (TPSA) is 39.9 Å². The summed E-state index contributed by atoms with van der Waals surface area (Å²) < 4.78 is 13.3. The number of fused-ring (bicyclic) bond motifs is 3. The number of ether oxygens (including phenoxy) is 2. The molecule has 0 saturated carbocycles. The third-order valence-corrected chi connectivity index (χ3v) is 14.1. The van der Waals surface area contributed by atoms with Crippen molar-refractivity contribution in [1.29, 1.82) is 0 Å². The van der Waals surface area contributed by atoms with E-state index >= 15 is 0 Å². The Balaban J connectivity index is 2.31. The normalized spacial score (nSPS) is 11.9. The van der Waals surface area contributed by atoms with E-state index in [1.165, 1.54) is 0 Å². The second-order valence-corrected chi connectivity index (χ2v) is 16.2. The monoisotopic (exact) mass is 511 g/mol. The fourth-order valence-corrected chi connectivity index (χ4v) is 11.3. The van der Waals surface area contributed by atoms with Crippen molar-refractivity contribution in [3.63, 3.8) is 0 Å². The number of nitrogens with zero attached hydrogens (tertiary/aromatic N) is 1. The summed E-state index contributed by atoms with van der Waals surface area (Å²) in [5.41, 5.74) is 8.61. The Bertz CT molecular complexity index is 1530. The smallest absolute Gasteiger partial charge is 0.255 e. The van der Waals surface area contributed by atoms with Crippen LogP contribution in [0.15, 0.2) is 65.5 Å². The summed E-state index contributed by atoms with van der Waals surface area (Å²) in [5, 5.41) is 1.78. The summed E-state index contributed by atoms with van der Waals surface area (Å²) in [5.74, 6) is 5.05. The van der Waals surface area contributed by atoms with Gasteiger partial charge >= 0.3 is 0 Å². The van der Waals surface area contributed by atoms with Gasteiger partial charge in [0.25, 0.3) is 5.56 Å². The molecule has 2 aromatic carbocycles. The molecule has 5 heteroatoms. The van der Waals surface area contributed by atoms with Gasteiger partial charge in [-0.05, 0) is 34.3 Å². The lowest BCUT2D eigenvalue weighted by Gasteiger charge is -2.38. The Morgan fingerprint density at radius 2 is 1.46 bits per heavy atom. The molecule has 2 heterocycles. The lowest BCUT2D eigenvalue weighted by atomic mass is 9.97. The molecular weight excluding hydrogens is 474 g/mol. The van der Waals surface area contributed by atoms with Crippen LogP contribution in [0.3, 0.4) is 0 Å². The molecule has 4 rings (SSSR count). The molecule has 37 heavy (non-hydrogen) atoms. The van der Waals surface area contributed by atoms with Crippen LogP contribution in [0.1, 0.15) is 47.1 Å². The third kappa shape index (κ3) is 4.44. The fourth-order valence-electron chi connectivity index (χ4n) is 6.08. The molecule has 0 bridgehead atoms. The van der Waals surface area contributed by atoms with Crippen LogP contribution in [0.25, 0.3) is 27.5 Å². The van der Waals surface area contributed by atoms with Crippen molar-refractivity contribution in [2.45, 2.75) is 58.2 Å². The summed E-state index contributed by atoms with van der Waals surface area (Å²) in [6.45, 7) is 13.9. The van der Waals surface area contributed by atoms with Crippen LogP contribution in [-0.4, -0.2) is 26.7 Å². The fraction of sp³-hybridized carbons (Fsp3) is 0.344. The highest BCUT2D eigenvalue weighted by Crippen LogP contribution is 2.43. The highest BCUT2D eigenvalue weighted by Gasteiger charge is 2.41. The Morgan fingerprint density at radius 1 is 0.811 bits per heavy atom. The minimum atomic E-state index is -2.06. The van der Waals surface area contributed by atoms with E-state index in [0.717, 1.165) is 33.1 Å². The number of pyridine rings is 2. The predicted octanol–water partition coefficient (Wildman–Crippen LogP) is 7.71. The van der Waals surface area contributed by atoms with Crippen LogP contribution < -0.4 is 15.0 Å². The molecule has 2 aromatic heterocycles. The van der Waals surface area contributed by atoms with Crippen LogP contribution >= 0.6 is 0 Å². The number of benzene rings is 2. The van der Waals surface area contributed by atoms with Gasteiger partial charge in [-0.2, -0.15) is 0 Å². The first kappa shape index (κ1) is 26.6. The zero-order valence-electron chi connectivity index (χ0n) is 23.2. The van der Waals surface area contributed by atoms with Gasteiger partial charge in [0.1, 0.15) is 19.6 Å². The molecule has 0 N–H and O–H groups in total. The van der Waals surface area contributed by atoms with Crippen LogP contribution in [-0.2, 0) is 0 Å². The SMILES string of the molecule is COc1cc(OC)c2c(C#C[Si](C(C)C)(C(C)C)C(C)C)c(-c3ccccc3)n3c(=O)cccc3c2c1. The van der Waals surface area contributed by atoms with Gasteiger partial charge < -0.3 is 9.47 Å². The Labute approximate surface area is 221 Å². The summed E-state index contributed by atoms with van der Waals surface area (Å²) in [4.78, 5) is 13.5.